The number of benzene rings is 3. The number of aromatic nitrogens is 1. The summed E-state index contributed by atoms with van der Waals surface area (Å²) in [6.07, 6.45) is 0. The maximum atomic E-state index is 13.2. The minimum atomic E-state index is -0.999. The Morgan fingerprint density at radius 1 is 0.865 bits per heavy atom. The minimum Gasteiger partial charge on any atom is -0.494 e. The molecule has 0 saturated carbocycles. The van der Waals surface area contributed by atoms with Crippen LogP contribution in [0.1, 0.15) is 17.4 Å². The molecule has 0 spiro atoms. The molecule has 0 aliphatic rings. The first kappa shape index (κ1) is 25.9. The summed E-state index contributed by atoms with van der Waals surface area (Å²) >= 11 is 12.0. The zero-order valence-electron chi connectivity index (χ0n) is 19.8. The summed E-state index contributed by atoms with van der Waals surface area (Å²) in [6.45, 7) is 2.36. The monoisotopic (exact) mass is 540 g/mol. The molecule has 0 aliphatic carbocycles. The van der Waals surface area contributed by atoms with Crippen LogP contribution in [0.5, 0.6) is 11.5 Å². The average molecular weight is 541 g/mol. The first-order chi connectivity index (χ1) is 17.8. The predicted molar refractivity (Wildman–Crippen MR) is 144 cm³/mol. The van der Waals surface area contributed by atoms with Crippen LogP contribution in [0.2, 0.25) is 10.0 Å². The molecule has 1 heterocycles. The van der Waals surface area contributed by atoms with Crippen molar-refractivity contribution >= 4 is 63.2 Å². The normalized spacial score (nSPS) is 10.6. The molecule has 3 N–H and O–H groups in total. The van der Waals surface area contributed by atoms with E-state index in [2.05, 4.69) is 16.1 Å². The molecule has 190 valence electrons. The first-order valence-corrected chi connectivity index (χ1v) is 11.9. The topological polar surface area (TPSA) is 111 Å². The highest BCUT2D eigenvalue weighted by Gasteiger charge is 2.23. The highest BCUT2D eigenvalue weighted by atomic mass is 35.5. The molecule has 11 heteroatoms. The quantitative estimate of drug-likeness (QED) is 0.275. The summed E-state index contributed by atoms with van der Waals surface area (Å²) in [5, 5.41) is 6.44. The van der Waals surface area contributed by atoms with Gasteiger partial charge >= 0.3 is 11.8 Å². The summed E-state index contributed by atoms with van der Waals surface area (Å²) < 4.78 is 12.0. The smallest absolute Gasteiger partial charge is 0.328 e. The number of rotatable bonds is 7. The van der Waals surface area contributed by atoms with E-state index in [-0.39, 0.29) is 10.7 Å². The summed E-state index contributed by atoms with van der Waals surface area (Å²) in [6, 6.07) is 17.9. The Morgan fingerprint density at radius 3 is 2.27 bits per heavy atom. The van der Waals surface area contributed by atoms with Gasteiger partial charge in [0.1, 0.15) is 22.7 Å². The van der Waals surface area contributed by atoms with Gasteiger partial charge in [0.2, 0.25) is 0 Å². The number of anilines is 2. The summed E-state index contributed by atoms with van der Waals surface area (Å²) in [5.41, 5.74) is 3.73. The molecule has 0 aliphatic heterocycles. The number of halogens is 2. The fraction of sp³-hybridized carbons (Fsp3) is 0.115. The van der Waals surface area contributed by atoms with E-state index >= 15 is 0 Å². The molecule has 37 heavy (non-hydrogen) atoms. The Bertz CT molecular complexity index is 1480. The van der Waals surface area contributed by atoms with E-state index in [4.69, 9.17) is 32.7 Å². The van der Waals surface area contributed by atoms with Crippen LogP contribution < -0.4 is 25.5 Å². The van der Waals surface area contributed by atoms with E-state index in [1.54, 1.807) is 60.7 Å². The fourth-order valence-electron chi connectivity index (χ4n) is 3.59. The number of hydrogen-bond acceptors (Lipinski definition) is 5. The lowest BCUT2D eigenvalue weighted by molar-refractivity contribution is -0.133. The number of carbonyl (C=O) groups excluding carboxylic acids is 3. The van der Waals surface area contributed by atoms with Gasteiger partial charge in [-0.25, -0.2) is 4.68 Å². The second kappa shape index (κ2) is 11.2. The van der Waals surface area contributed by atoms with E-state index in [1.807, 2.05) is 6.92 Å². The highest BCUT2D eigenvalue weighted by Crippen LogP contribution is 2.29. The van der Waals surface area contributed by atoms with E-state index < -0.39 is 17.7 Å². The van der Waals surface area contributed by atoms with Gasteiger partial charge in [-0.05, 0) is 61.5 Å². The molecule has 0 fully saturated rings. The van der Waals surface area contributed by atoms with Crippen LogP contribution in [0.25, 0.3) is 10.9 Å². The predicted octanol–water partition coefficient (Wildman–Crippen LogP) is 5.32. The molecule has 1 aromatic heterocycles. The Hall–Kier alpha value is -4.21. The fourth-order valence-corrected chi connectivity index (χ4v) is 3.88. The van der Waals surface area contributed by atoms with Crippen molar-refractivity contribution < 1.29 is 23.9 Å². The Morgan fingerprint density at radius 2 is 1.59 bits per heavy atom. The van der Waals surface area contributed by atoms with Crippen molar-refractivity contribution in [2.45, 2.75) is 6.92 Å². The van der Waals surface area contributed by atoms with Crippen molar-refractivity contribution in [1.29, 1.82) is 0 Å². The van der Waals surface area contributed by atoms with Crippen LogP contribution in [-0.4, -0.2) is 36.1 Å². The molecular formula is C26H22Cl2N4O5. The number of nitrogens with zero attached hydrogens (tertiary/aromatic N) is 1. The number of methoxy groups -OCH3 is 1. The Balaban J connectivity index is 1.62. The van der Waals surface area contributed by atoms with Gasteiger partial charge in [0.05, 0.1) is 23.8 Å². The second-order valence-electron chi connectivity index (χ2n) is 7.70. The number of nitrogens with one attached hydrogen (secondary N) is 3. The van der Waals surface area contributed by atoms with E-state index in [0.29, 0.717) is 45.4 Å². The maximum absolute atomic E-state index is 13.2. The number of amides is 3. The average Bonchev–Trinajstić information content (AvgIpc) is 3.26. The molecule has 3 aromatic carbocycles. The zero-order valence-corrected chi connectivity index (χ0v) is 21.3. The summed E-state index contributed by atoms with van der Waals surface area (Å²) in [7, 11) is 1.46. The molecule has 9 nitrogen and oxygen atoms in total. The van der Waals surface area contributed by atoms with E-state index in [0.717, 1.165) is 0 Å². The number of fused-ring (bicyclic) bond motifs is 1. The standard InChI is InChI=1S/C26H22Cl2N4O5/c1-3-37-18-10-7-16(8-11-18)29-25(34)26(35)31-32-21(13-15-5-4-6-22(36-2)23(15)32)24(33)30-17-9-12-19(27)20(28)14-17/h4-14H,3H2,1-2H3,(H,29,34)(H,30,33)(H,31,35). The van der Waals surface area contributed by atoms with E-state index in [9.17, 15) is 14.4 Å². The Kier molecular flexibility index (Phi) is 7.86. The number of hydrogen-bond donors (Lipinski definition) is 3. The first-order valence-electron chi connectivity index (χ1n) is 11.1. The van der Waals surface area contributed by atoms with Crippen LogP contribution in [0.3, 0.4) is 0 Å². The molecule has 0 unspecified atom stereocenters. The molecule has 4 rings (SSSR count). The number of para-hydroxylation sites is 1. The van der Waals surface area contributed by atoms with Crippen molar-refractivity contribution in [2.24, 2.45) is 0 Å². The third-order valence-electron chi connectivity index (χ3n) is 5.26. The van der Waals surface area contributed by atoms with Crippen LogP contribution in [0.15, 0.2) is 66.7 Å². The SMILES string of the molecule is CCOc1ccc(NC(=O)C(=O)Nn2c(C(=O)Nc3ccc(Cl)c(Cl)c3)cc3cccc(OC)c32)cc1. The summed E-state index contributed by atoms with van der Waals surface area (Å²) in [4.78, 5) is 38.7. The van der Waals surface area contributed by atoms with Crippen molar-refractivity contribution in [1.82, 2.24) is 4.68 Å². The van der Waals surface area contributed by atoms with Gasteiger partial charge in [-0.15, -0.1) is 0 Å². The third kappa shape index (κ3) is 5.79. The van der Waals surface area contributed by atoms with Gasteiger partial charge in [-0.3, -0.25) is 19.8 Å². The molecule has 3 amide bonds. The van der Waals surface area contributed by atoms with Crippen molar-refractivity contribution in [2.75, 3.05) is 29.8 Å². The van der Waals surface area contributed by atoms with Gasteiger partial charge in [0.15, 0.2) is 0 Å². The van der Waals surface area contributed by atoms with Crippen LogP contribution in [0, 0.1) is 0 Å². The number of ether oxygens (including phenoxy) is 2. The molecule has 0 bridgehead atoms. The molecule has 0 radical (unpaired) electrons. The Labute approximate surface area is 222 Å². The summed E-state index contributed by atoms with van der Waals surface area (Å²) in [5.74, 6) is -1.48. The molecule has 0 saturated heterocycles. The minimum absolute atomic E-state index is 0.0489. The lowest BCUT2D eigenvalue weighted by Crippen LogP contribution is -2.36. The van der Waals surface area contributed by atoms with Crippen LogP contribution >= 0.6 is 23.2 Å². The largest absolute Gasteiger partial charge is 0.494 e. The molecule has 4 aromatic rings. The lowest BCUT2D eigenvalue weighted by atomic mass is 10.2. The van der Waals surface area contributed by atoms with Crippen LogP contribution in [0.4, 0.5) is 11.4 Å². The zero-order chi connectivity index (χ0) is 26.5. The lowest BCUT2D eigenvalue weighted by Gasteiger charge is -2.14. The van der Waals surface area contributed by atoms with Crippen LogP contribution in [-0.2, 0) is 9.59 Å². The van der Waals surface area contributed by atoms with Crippen molar-refractivity contribution in [3.05, 3.63) is 82.5 Å². The van der Waals surface area contributed by atoms with Gasteiger partial charge in [-0.2, -0.15) is 0 Å². The second-order valence-corrected chi connectivity index (χ2v) is 8.51. The van der Waals surface area contributed by atoms with Gasteiger partial charge in [0.25, 0.3) is 5.91 Å². The third-order valence-corrected chi connectivity index (χ3v) is 6.00. The molecular weight excluding hydrogens is 519 g/mol. The van der Waals surface area contributed by atoms with Crippen molar-refractivity contribution in [3.63, 3.8) is 0 Å². The van der Waals surface area contributed by atoms with E-state index in [1.165, 1.54) is 17.9 Å². The highest BCUT2D eigenvalue weighted by molar-refractivity contribution is 6.43. The number of carbonyl (C=O) groups is 3. The van der Waals surface area contributed by atoms with Gasteiger partial charge in [0, 0.05) is 16.8 Å². The van der Waals surface area contributed by atoms with Gasteiger partial charge < -0.3 is 20.1 Å². The maximum Gasteiger partial charge on any atom is 0.328 e. The van der Waals surface area contributed by atoms with Crippen molar-refractivity contribution in [3.8, 4) is 11.5 Å². The van der Waals surface area contributed by atoms with Gasteiger partial charge in [-0.1, -0.05) is 35.3 Å². The molecule has 0 atom stereocenters.